The van der Waals surface area contributed by atoms with E-state index in [1.807, 2.05) is 85.8 Å². The molecule has 0 unspecified atom stereocenters. The standard InChI is InChI=1S/C28H28N2O5/c1-19-9-13-22(14-10-19)30-27(20-11-15-23(33-2)16-12-20)26(28(30)32)29-21(17-25(31)34-3)18-35-24-7-5-4-6-8-24/h4-17,26-27,29H,18H2,1-3H3/b21-17-/t26-,27+/m0/s1. The molecule has 35 heavy (non-hydrogen) atoms. The number of methoxy groups -OCH3 is 2. The summed E-state index contributed by atoms with van der Waals surface area (Å²) in [6.07, 6.45) is 1.32. The van der Waals surface area contributed by atoms with Gasteiger partial charge < -0.3 is 24.4 Å². The average molecular weight is 473 g/mol. The molecule has 4 rings (SSSR count). The Kier molecular flexibility index (Phi) is 7.35. The van der Waals surface area contributed by atoms with Gasteiger partial charge in [-0.2, -0.15) is 0 Å². The molecule has 7 nitrogen and oxygen atoms in total. The zero-order valence-electron chi connectivity index (χ0n) is 19.9. The van der Waals surface area contributed by atoms with Crippen LogP contribution in [0.3, 0.4) is 0 Å². The van der Waals surface area contributed by atoms with Crippen molar-refractivity contribution < 1.29 is 23.8 Å². The van der Waals surface area contributed by atoms with Gasteiger partial charge in [0.2, 0.25) is 0 Å². The van der Waals surface area contributed by atoms with Crippen LogP contribution in [-0.4, -0.2) is 38.7 Å². The van der Waals surface area contributed by atoms with E-state index in [2.05, 4.69) is 5.32 Å². The van der Waals surface area contributed by atoms with E-state index in [0.29, 0.717) is 11.4 Å². The van der Waals surface area contributed by atoms with Gasteiger partial charge in [-0.25, -0.2) is 4.79 Å². The van der Waals surface area contributed by atoms with E-state index in [1.54, 1.807) is 12.0 Å². The monoisotopic (exact) mass is 472 g/mol. The molecule has 1 aliphatic rings. The summed E-state index contributed by atoms with van der Waals surface area (Å²) >= 11 is 0. The third-order valence-electron chi connectivity index (χ3n) is 5.84. The van der Waals surface area contributed by atoms with Crippen LogP contribution in [-0.2, 0) is 14.3 Å². The fourth-order valence-electron chi connectivity index (χ4n) is 3.97. The van der Waals surface area contributed by atoms with Crippen LogP contribution in [0.15, 0.2) is 90.6 Å². The summed E-state index contributed by atoms with van der Waals surface area (Å²) in [5, 5.41) is 3.24. The Balaban J connectivity index is 1.62. The number of ether oxygens (including phenoxy) is 3. The number of carbonyl (C=O) groups excluding carboxylic acids is 2. The molecular weight excluding hydrogens is 444 g/mol. The van der Waals surface area contributed by atoms with Gasteiger partial charge in [0.15, 0.2) is 0 Å². The van der Waals surface area contributed by atoms with Crippen molar-refractivity contribution >= 4 is 17.6 Å². The van der Waals surface area contributed by atoms with Gasteiger partial charge >= 0.3 is 5.97 Å². The van der Waals surface area contributed by atoms with Crippen LogP contribution in [0.2, 0.25) is 0 Å². The number of amides is 1. The number of rotatable bonds is 9. The van der Waals surface area contributed by atoms with Crippen molar-refractivity contribution in [3.05, 3.63) is 102 Å². The van der Waals surface area contributed by atoms with Crippen LogP contribution in [0, 0.1) is 6.92 Å². The van der Waals surface area contributed by atoms with Gasteiger partial charge in [-0.1, -0.05) is 48.0 Å². The van der Waals surface area contributed by atoms with Crippen LogP contribution in [0.4, 0.5) is 5.69 Å². The van der Waals surface area contributed by atoms with Crippen molar-refractivity contribution in [3.63, 3.8) is 0 Å². The van der Waals surface area contributed by atoms with Gasteiger partial charge in [-0.3, -0.25) is 4.79 Å². The highest BCUT2D eigenvalue weighted by molar-refractivity contribution is 6.06. The number of β-lactam (4-membered cyclic amide) rings is 1. The molecule has 1 amide bonds. The summed E-state index contributed by atoms with van der Waals surface area (Å²) in [4.78, 5) is 27.2. The van der Waals surface area contributed by atoms with E-state index in [-0.39, 0.29) is 18.6 Å². The number of aryl methyl sites for hydroxylation is 1. The number of nitrogens with zero attached hydrogens (tertiary/aromatic N) is 1. The molecule has 2 atom stereocenters. The summed E-state index contributed by atoms with van der Waals surface area (Å²) in [6.45, 7) is 2.08. The molecule has 1 N–H and O–H groups in total. The minimum Gasteiger partial charge on any atom is -0.497 e. The van der Waals surface area contributed by atoms with Crippen LogP contribution in [0.1, 0.15) is 17.2 Å². The topological polar surface area (TPSA) is 77.1 Å². The summed E-state index contributed by atoms with van der Waals surface area (Å²) in [7, 11) is 2.92. The molecule has 0 aromatic heterocycles. The van der Waals surface area contributed by atoms with E-state index in [0.717, 1.165) is 22.6 Å². The maximum atomic E-state index is 13.4. The fraction of sp³-hybridized carbons (Fsp3) is 0.214. The lowest BCUT2D eigenvalue weighted by Gasteiger charge is -2.48. The number of nitrogens with one attached hydrogen (secondary N) is 1. The summed E-state index contributed by atoms with van der Waals surface area (Å²) < 4.78 is 15.9. The number of hydrogen-bond acceptors (Lipinski definition) is 6. The Morgan fingerprint density at radius 1 is 0.943 bits per heavy atom. The maximum absolute atomic E-state index is 13.4. The van der Waals surface area contributed by atoms with Gasteiger partial charge in [-0.05, 0) is 48.9 Å². The normalized spacial score (nSPS) is 17.4. The Morgan fingerprint density at radius 3 is 2.26 bits per heavy atom. The molecule has 180 valence electrons. The van der Waals surface area contributed by atoms with Crippen LogP contribution in [0.25, 0.3) is 0 Å². The van der Waals surface area contributed by atoms with Gasteiger partial charge in [-0.15, -0.1) is 0 Å². The number of esters is 1. The second-order valence-corrected chi connectivity index (χ2v) is 8.18. The predicted octanol–water partition coefficient (Wildman–Crippen LogP) is 4.19. The summed E-state index contributed by atoms with van der Waals surface area (Å²) in [5.74, 6) is 0.740. The summed E-state index contributed by atoms with van der Waals surface area (Å²) in [5.41, 5.74) is 3.29. The molecule has 1 fully saturated rings. The van der Waals surface area contributed by atoms with Crippen LogP contribution in [0.5, 0.6) is 11.5 Å². The molecule has 0 radical (unpaired) electrons. The first-order valence-electron chi connectivity index (χ1n) is 11.3. The first-order valence-corrected chi connectivity index (χ1v) is 11.3. The Morgan fingerprint density at radius 2 is 1.63 bits per heavy atom. The second kappa shape index (κ2) is 10.8. The van der Waals surface area contributed by atoms with Crippen molar-refractivity contribution in [3.8, 4) is 11.5 Å². The van der Waals surface area contributed by atoms with Crippen LogP contribution < -0.4 is 19.7 Å². The molecule has 7 heteroatoms. The molecule has 0 aliphatic carbocycles. The number of anilines is 1. The molecule has 3 aromatic rings. The molecule has 0 spiro atoms. The predicted molar refractivity (Wildman–Crippen MR) is 133 cm³/mol. The zero-order chi connectivity index (χ0) is 24.8. The second-order valence-electron chi connectivity index (χ2n) is 8.18. The maximum Gasteiger partial charge on any atom is 0.332 e. The highest BCUT2D eigenvalue weighted by Crippen LogP contribution is 2.40. The average Bonchev–Trinajstić information content (AvgIpc) is 2.90. The fourth-order valence-corrected chi connectivity index (χ4v) is 3.97. The molecule has 3 aromatic carbocycles. The number of carbonyl (C=O) groups is 2. The minimum absolute atomic E-state index is 0.0722. The summed E-state index contributed by atoms with van der Waals surface area (Å²) in [6, 6.07) is 23.8. The molecule has 1 saturated heterocycles. The highest BCUT2D eigenvalue weighted by Gasteiger charge is 2.49. The minimum atomic E-state index is -0.597. The first-order chi connectivity index (χ1) is 17.0. The van der Waals surface area contributed by atoms with Gasteiger partial charge in [0.1, 0.15) is 24.1 Å². The van der Waals surface area contributed by atoms with Gasteiger partial charge in [0.05, 0.1) is 26.0 Å². The molecule has 0 bridgehead atoms. The van der Waals surface area contributed by atoms with Crippen molar-refractivity contribution in [2.75, 3.05) is 25.7 Å². The van der Waals surface area contributed by atoms with E-state index < -0.39 is 12.0 Å². The van der Waals surface area contributed by atoms with Crippen molar-refractivity contribution in [2.45, 2.75) is 19.0 Å². The van der Waals surface area contributed by atoms with Crippen molar-refractivity contribution in [1.29, 1.82) is 0 Å². The molecule has 1 heterocycles. The lowest BCUT2D eigenvalue weighted by Crippen LogP contribution is -2.65. The highest BCUT2D eigenvalue weighted by atomic mass is 16.5. The lowest BCUT2D eigenvalue weighted by molar-refractivity contribution is -0.135. The zero-order valence-corrected chi connectivity index (χ0v) is 19.9. The number of hydrogen-bond donors (Lipinski definition) is 1. The number of para-hydroxylation sites is 1. The van der Waals surface area contributed by atoms with Crippen molar-refractivity contribution in [1.82, 2.24) is 5.32 Å². The SMILES string of the molecule is COC(=O)/C=C(/COc1ccccc1)N[C@@H]1C(=O)N(c2ccc(C)cc2)[C@@H]1c1ccc(OC)cc1. The van der Waals surface area contributed by atoms with E-state index in [9.17, 15) is 9.59 Å². The van der Waals surface area contributed by atoms with Crippen molar-refractivity contribution in [2.24, 2.45) is 0 Å². The van der Waals surface area contributed by atoms with Gasteiger partial charge in [0, 0.05) is 11.8 Å². The van der Waals surface area contributed by atoms with Gasteiger partial charge in [0.25, 0.3) is 5.91 Å². The first kappa shape index (κ1) is 23.9. The Bertz CT molecular complexity index is 1190. The molecular formula is C28H28N2O5. The van der Waals surface area contributed by atoms with Crippen LogP contribution >= 0.6 is 0 Å². The lowest BCUT2D eigenvalue weighted by atomic mass is 9.87. The Labute approximate surface area is 204 Å². The smallest absolute Gasteiger partial charge is 0.332 e. The third kappa shape index (κ3) is 5.46. The van der Waals surface area contributed by atoms with E-state index >= 15 is 0 Å². The quantitative estimate of drug-likeness (QED) is 0.286. The molecule has 1 aliphatic heterocycles. The largest absolute Gasteiger partial charge is 0.497 e. The van der Waals surface area contributed by atoms with E-state index in [1.165, 1.54) is 13.2 Å². The molecule has 0 saturated carbocycles. The van der Waals surface area contributed by atoms with E-state index in [4.69, 9.17) is 14.2 Å². The third-order valence-corrected chi connectivity index (χ3v) is 5.84. The Hall–Kier alpha value is -4.26. The number of benzene rings is 3.